The molecule has 0 aliphatic carbocycles. The highest BCUT2D eigenvalue weighted by molar-refractivity contribution is 5.90. The van der Waals surface area contributed by atoms with Crippen molar-refractivity contribution in [3.05, 3.63) is 35.9 Å². The third-order valence-corrected chi connectivity index (χ3v) is 3.40. The van der Waals surface area contributed by atoms with E-state index in [4.69, 9.17) is 10.5 Å². The van der Waals surface area contributed by atoms with Crippen molar-refractivity contribution in [1.82, 2.24) is 10.6 Å². The Balaban J connectivity index is 2.68. The Bertz CT molecular complexity index is 560. The minimum atomic E-state index is -0.922. The number of nitrogens with two attached hydrogens (primary N) is 1. The Morgan fingerprint density at radius 1 is 1.17 bits per heavy atom. The smallest absolute Gasteiger partial charge is 0.333 e. The molecule has 0 saturated carbocycles. The first kappa shape index (κ1) is 19.6. The molecule has 4 N–H and O–H groups in total. The van der Waals surface area contributed by atoms with Crippen LogP contribution in [0, 0.1) is 5.92 Å². The predicted molar refractivity (Wildman–Crippen MR) is 89.8 cm³/mol. The molecule has 2 atom stereocenters. The summed E-state index contributed by atoms with van der Waals surface area (Å²) in [5.74, 6) is -1.50. The first-order valence-electron chi connectivity index (χ1n) is 7.91. The zero-order chi connectivity index (χ0) is 18.1. The lowest BCUT2D eigenvalue weighted by Crippen LogP contribution is -2.48. The molecule has 7 heteroatoms. The summed E-state index contributed by atoms with van der Waals surface area (Å²) in [7, 11) is 0. The van der Waals surface area contributed by atoms with Gasteiger partial charge in [0, 0.05) is 0 Å². The molecule has 2 amide bonds. The summed E-state index contributed by atoms with van der Waals surface area (Å²) in [4.78, 5) is 35.9. The van der Waals surface area contributed by atoms with E-state index in [0.717, 1.165) is 0 Å². The minimum Gasteiger partial charge on any atom is -0.464 e. The zero-order valence-electron chi connectivity index (χ0n) is 14.2. The number of hydrogen-bond donors (Lipinski definition) is 3. The van der Waals surface area contributed by atoms with Crippen molar-refractivity contribution in [2.24, 2.45) is 11.7 Å². The quantitative estimate of drug-likeness (QED) is 0.599. The number of esters is 1. The van der Waals surface area contributed by atoms with E-state index in [1.807, 2.05) is 13.8 Å². The van der Waals surface area contributed by atoms with E-state index in [-0.39, 0.29) is 19.1 Å². The predicted octanol–water partition coefficient (Wildman–Crippen LogP) is 0.507. The largest absolute Gasteiger partial charge is 0.464 e. The van der Waals surface area contributed by atoms with Crippen LogP contribution in [0.4, 0.5) is 0 Å². The summed E-state index contributed by atoms with van der Waals surface area (Å²) in [6.45, 7) is 5.27. The molecule has 0 fully saturated rings. The molecule has 0 heterocycles. The van der Waals surface area contributed by atoms with E-state index in [9.17, 15) is 14.4 Å². The Morgan fingerprint density at radius 2 is 1.79 bits per heavy atom. The Labute approximate surface area is 141 Å². The number of hydrogen-bond acceptors (Lipinski definition) is 5. The van der Waals surface area contributed by atoms with Gasteiger partial charge in [0.05, 0.1) is 19.2 Å². The molecule has 0 unspecified atom stereocenters. The van der Waals surface area contributed by atoms with Gasteiger partial charge in [-0.2, -0.15) is 0 Å². The number of carbonyl (C=O) groups excluding carboxylic acids is 3. The van der Waals surface area contributed by atoms with Crippen LogP contribution in [-0.2, 0) is 19.1 Å². The SMILES string of the molecule is CCOC(=O)[C@H](NC(=O)CNC(=O)[C@@H](N)C(C)C)c1ccccc1. The summed E-state index contributed by atoms with van der Waals surface area (Å²) in [6.07, 6.45) is 0. The standard InChI is InChI=1S/C17H25N3O4/c1-4-24-17(23)15(12-8-6-5-7-9-12)20-13(21)10-19-16(22)14(18)11(2)3/h5-9,11,14-15H,4,10,18H2,1-3H3,(H,19,22)(H,20,21)/t14-,15+/m0/s1. The van der Waals surface area contributed by atoms with Crippen LogP contribution in [0.1, 0.15) is 32.4 Å². The highest BCUT2D eigenvalue weighted by Crippen LogP contribution is 2.14. The van der Waals surface area contributed by atoms with Gasteiger partial charge in [-0.3, -0.25) is 9.59 Å². The highest BCUT2D eigenvalue weighted by Gasteiger charge is 2.24. The van der Waals surface area contributed by atoms with Crippen molar-refractivity contribution in [3.8, 4) is 0 Å². The fourth-order valence-corrected chi connectivity index (χ4v) is 1.95. The summed E-state index contributed by atoms with van der Waals surface area (Å²) in [5, 5.41) is 5.04. The van der Waals surface area contributed by atoms with Crippen LogP contribution in [0.25, 0.3) is 0 Å². The van der Waals surface area contributed by atoms with E-state index >= 15 is 0 Å². The number of nitrogens with one attached hydrogen (secondary N) is 2. The number of amides is 2. The van der Waals surface area contributed by atoms with Gasteiger partial charge in [-0.15, -0.1) is 0 Å². The molecule has 1 aromatic carbocycles. The maximum Gasteiger partial charge on any atom is 0.333 e. The molecule has 0 spiro atoms. The van der Waals surface area contributed by atoms with Crippen molar-refractivity contribution in [2.45, 2.75) is 32.9 Å². The van der Waals surface area contributed by atoms with E-state index in [1.54, 1.807) is 37.3 Å². The van der Waals surface area contributed by atoms with Gasteiger partial charge in [0.1, 0.15) is 0 Å². The first-order valence-corrected chi connectivity index (χ1v) is 7.91. The van der Waals surface area contributed by atoms with Crippen LogP contribution in [0.5, 0.6) is 0 Å². The van der Waals surface area contributed by atoms with Crippen molar-refractivity contribution in [2.75, 3.05) is 13.2 Å². The second-order valence-electron chi connectivity index (χ2n) is 5.65. The minimum absolute atomic E-state index is 0.0374. The fraction of sp³-hybridized carbons (Fsp3) is 0.471. The van der Waals surface area contributed by atoms with Crippen molar-refractivity contribution >= 4 is 17.8 Å². The third kappa shape index (κ3) is 6.00. The van der Waals surface area contributed by atoms with Gasteiger partial charge in [-0.05, 0) is 18.4 Å². The maximum absolute atomic E-state index is 12.1. The van der Waals surface area contributed by atoms with E-state index < -0.39 is 29.9 Å². The van der Waals surface area contributed by atoms with Crippen LogP contribution in [0.2, 0.25) is 0 Å². The van der Waals surface area contributed by atoms with Crippen molar-refractivity contribution < 1.29 is 19.1 Å². The molecule has 0 aromatic heterocycles. The number of rotatable bonds is 8. The lowest BCUT2D eigenvalue weighted by atomic mass is 10.1. The van der Waals surface area contributed by atoms with E-state index in [2.05, 4.69) is 10.6 Å². The number of ether oxygens (including phenoxy) is 1. The fourth-order valence-electron chi connectivity index (χ4n) is 1.95. The molecule has 1 aromatic rings. The van der Waals surface area contributed by atoms with Gasteiger partial charge in [-0.1, -0.05) is 44.2 Å². The van der Waals surface area contributed by atoms with Gasteiger partial charge < -0.3 is 21.1 Å². The topological polar surface area (TPSA) is 111 Å². The van der Waals surface area contributed by atoms with Crippen LogP contribution in [0.15, 0.2) is 30.3 Å². The molecule has 0 saturated heterocycles. The molecule has 24 heavy (non-hydrogen) atoms. The highest BCUT2D eigenvalue weighted by atomic mass is 16.5. The van der Waals surface area contributed by atoms with Crippen LogP contribution < -0.4 is 16.4 Å². The van der Waals surface area contributed by atoms with Crippen LogP contribution in [0.3, 0.4) is 0 Å². The van der Waals surface area contributed by atoms with Crippen molar-refractivity contribution in [1.29, 1.82) is 0 Å². The first-order chi connectivity index (χ1) is 11.4. The maximum atomic E-state index is 12.1. The molecule has 0 aliphatic rings. The monoisotopic (exact) mass is 335 g/mol. The second-order valence-corrected chi connectivity index (χ2v) is 5.65. The molecular formula is C17H25N3O4. The Hall–Kier alpha value is -2.41. The number of carbonyl (C=O) groups is 3. The van der Waals surface area contributed by atoms with Crippen molar-refractivity contribution in [3.63, 3.8) is 0 Å². The normalized spacial score (nSPS) is 13.0. The average molecular weight is 335 g/mol. The lowest BCUT2D eigenvalue weighted by Gasteiger charge is -2.19. The van der Waals surface area contributed by atoms with E-state index in [0.29, 0.717) is 5.56 Å². The summed E-state index contributed by atoms with van der Waals surface area (Å²) in [5.41, 5.74) is 6.31. The number of benzene rings is 1. The van der Waals surface area contributed by atoms with Gasteiger partial charge >= 0.3 is 5.97 Å². The van der Waals surface area contributed by atoms with Crippen LogP contribution >= 0.6 is 0 Å². The second kappa shape index (κ2) is 9.67. The van der Waals surface area contributed by atoms with Gasteiger partial charge in [0.25, 0.3) is 0 Å². The molecule has 0 aliphatic heterocycles. The average Bonchev–Trinajstić information content (AvgIpc) is 2.57. The Kier molecular flexibility index (Phi) is 7.91. The molecule has 1 rings (SSSR count). The van der Waals surface area contributed by atoms with E-state index in [1.165, 1.54) is 0 Å². The Morgan fingerprint density at radius 3 is 2.33 bits per heavy atom. The van der Waals surface area contributed by atoms with Gasteiger partial charge in [0.2, 0.25) is 11.8 Å². The lowest BCUT2D eigenvalue weighted by molar-refractivity contribution is -0.147. The summed E-state index contributed by atoms with van der Waals surface area (Å²) in [6, 6.07) is 7.15. The zero-order valence-corrected chi connectivity index (χ0v) is 14.2. The molecular weight excluding hydrogens is 310 g/mol. The summed E-state index contributed by atoms with van der Waals surface area (Å²) >= 11 is 0. The summed E-state index contributed by atoms with van der Waals surface area (Å²) < 4.78 is 4.99. The molecule has 0 bridgehead atoms. The third-order valence-electron chi connectivity index (χ3n) is 3.40. The molecule has 132 valence electrons. The van der Waals surface area contributed by atoms with Gasteiger partial charge in [-0.25, -0.2) is 4.79 Å². The van der Waals surface area contributed by atoms with Gasteiger partial charge in [0.15, 0.2) is 6.04 Å². The molecule has 7 nitrogen and oxygen atoms in total. The van der Waals surface area contributed by atoms with Crippen LogP contribution in [-0.4, -0.2) is 37.0 Å². The molecule has 0 radical (unpaired) electrons.